The molecule has 1 aromatic heterocycles. The van der Waals surface area contributed by atoms with Crippen LogP contribution in [0.25, 0.3) is 22.2 Å². The molecule has 0 aliphatic rings. The number of aromatic nitrogens is 2. The Bertz CT molecular complexity index is 1090. The quantitative estimate of drug-likeness (QED) is 0.526. The summed E-state index contributed by atoms with van der Waals surface area (Å²) in [5.74, 6) is 0.0870. The third-order valence-corrected chi connectivity index (χ3v) is 4.72. The molecule has 6 heteroatoms. The molecule has 0 radical (unpaired) electrons. The molecule has 3 aromatic carbocycles. The Morgan fingerprint density at radius 2 is 1.81 bits per heavy atom. The smallest absolute Gasteiger partial charge is 0.322 e. The van der Waals surface area contributed by atoms with Gasteiger partial charge in [-0.2, -0.15) is 0 Å². The van der Waals surface area contributed by atoms with Gasteiger partial charge in [-0.15, -0.1) is 16.9 Å². The Hall–Kier alpha value is -3.12. The fourth-order valence-electron chi connectivity index (χ4n) is 2.73. The van der Waals surface area contributed by atoms with E-state index < -0.39 is 0 Å². The Labute approximate surface area is 154 Å². The summed E-state index contributed by atoms with van der Waals surface area (Å²) in [6.45, 7) is 0. The maximum atomic E-state index is 12.6. The Balaban J connectivity index is 1.60. The highest BCUT2D eigenvalue weighted by Gasteiger charge is 2.15. The summed E-state index contributed by atoms with van der Waals surface area (Å²) in [4.78, 5) is 13.7. The van der Waals surface area contributed by atoms with E-state index in [4.69, 9.17) is 4.42 Å². The molecule has 0 unspecified atom stereocenters. The van der Waals surface area contributed by atoms with E-state index in [0.29, 0.717) is 11.5 Å². The fraction of sp³-hybridized carbons (Fsp3) is 0.0500. The van der Waals surface area contributed by atoms with Gasteiger partial charge in [0, 0.05) is 16.0 Å². The highest BCUT2D eigenvalue weighted by atomic mass is 32.2. The van der Waals surface area contributed by atoms with Gasteiger partial charge in [0.05, 0.1) is 0 Å². The van der Waals surface area contributed by atoms with Crippen molar-refractivity contribution in [3.8, 4) is 11.5 Å². The van der Waals surface area contributed by atoms with Crippen LogP contribution in [0.1, 0.15) is 10.4 Å². The van der Waals surface area contributed by atoms with E-state index in [0.717, 1.165) is 21.2 Å². The molecule has 0 bridgehead atoms. The topological polar surface area (TPSA) is 68.0 Å². The van der Waals surface area contributed by atoms with E-state index in [2.05, 4.69) is 15.5 Å². The number of benzene rings is 3. The molecular formula is C20H15N3O2S. The lowest BCUT2D eigenvalue weighted by atomic mass is 10.0. The normalized spacial score (nSPS) is 10.8. The number of nitrogens with zero attached hydrogens (tertiary/aromatic N) is 2. The molecule has 26 heavy (non-hydrogen) atoms. The maximum absolute atomic E-state index is 12.6. The molecule has 0 fully saturated rings. The number of amides is 1. The zero-order valence-electron chi connectivity index (χ0n) is 14.0. The maximum Gasteiger partial charge on any atom is 0.322 e. The summed E-state index contributed by atoms with van der Waals surface area (Å²) in [6, 6.07) is 21.2. The third-order valence-electron chi connectivity index (χ3n) is 4.00. The zero-order valence-corrected chi connectivity index (χ0v) is 14.8. The first-order valence-electron chi connectivity index (χ1n) is 8.01. The van der Waals surface area contributed by atoms with Crippen LogP contribution in [0, 0.1) is 0 Å². The van der Waals surface area contributed by atoms with E-state index in [1.54, 1.807) is 17.8 Å². The van der Waals surface area contributed by atoms with Crippen LogP contribution in [0.5, 0.6) is 0 Å². The van der Waals surface area contributed by atoms with Gasteiger partial charge in [-0.05, 0) is 41.3 Å². The minimum Gasteiger partial charge on any atom is -0.403 e. The number of fused-ring (bicyclic) bond motifs is 1. The number of carbonyl (C=O) groups excluding carboxylic acids is 1. The number of carbonyl (C=O) groups is 1. The van der Waals surface area contributed by atoms with E-state index >= 15 is 0 Å². The average Bonchev–Trinajstić information content (AvgIpc) is 3.16. The number of anilines is 1. The summed E-state index contributed by atoms with van der Waals surface area (Å²) >= 11 is 1.63. The Morgan fingerprint density at radius 1 is 1.00 bits per heavy atom. The molecule has 128 valence electrons. The summed E-state index contributed by atoms with van der Waals surface area (Å²) in [5.41, 5.74) is 1.38. The van der Waals surface area contributed by atoms with Gasteiger partial charge in [-0.1, -0.05) is 47.6 Å². The van der Waals surface area contributed by atoms with E-state index in [9.17, 15) is 4.79 Å². The molecule has 4 rings (SSSR count). The standard InChI is InChI=1S/C20H15N3O2S/c1-26-15-9-4-8-14(12-15)19-22-23-20(25-19)21-18(24)17-11-5-7-13-6-2-3-10-16(13)17/h2-12H,1H3,(H,21,23,24). The van der Waals surface area contributed by atoms with Crippen molar-refractivity contribution >= 4 is 34.5 Å². The van der Waals surface area contributed by atoms with Crippen LogP contribution >= 0.6 is 11.8 Å². The summed E-state index contributed by atoms with van der Waals surface area (Å²) in [7, 11) is 0. The SMILES string of the molecule is CSc1cccc(-c2nnc(NC(=O)c3cccc4ccccc34)o2)c1. The third kappa shape index (κ3) is 3.19. The number of nitrogens with one attached hydrogen (secondary N) is 1. The molecule has 1 N–H and O–H groups in total. The Morgan fingerprint density at radius 3 is 2.69 bits per heavy atom. The van der Waals surface area contributed by atoms with Crippen LogP contribution < -0.4 is 5.32 Å². The first-order chi connectivity index (χ1) is 12.7. The second kappa shape index (κ2) is 7.01. The van der Waals surface area contributed by atoms with Crippen LogP contribution in [0.2, 0.25) is 0 Å². The van der Waals surface area contributed by atoms with Crippen LogP contribution in [-0.2, 0) is 0 Å². The van der Waals surface area contributed by atoms with Crippen molar-refractivity contribution in [1.82, 2.24) is 10.2 Å². The average molecular weight is 361 g/mol. The molecule has 5 nitrogen and oxygen atoms in total. The number of rotatable bonds is 4. The van der Waals surface area contributed by atoms with Crippen molar-refractivity contribution in [1.29, 1.82) is 0 Å². The molecule has 0 atom stereocenters. The van der Waals surface area contributed by atoms with Gasteiger partial charge < -0.3 is 4.42 Å². The van der Waals surface area contributed by atoms with Gasteiger partial charge in [-0.25, -0.2) is 0 Å². The first kappa shape index (κ1) is 16.4. The second-order valence-electron chi connectivity index (χ2n) is 5.63. The van der Waals surface area contributed by atoms with Crippen molar-refractivity contribution in [2.24, 2.45) is 0 Å². The monoisotopic (exact) mass is 361 g/mol. The van der Waals surface area contributed by atoms with Gasteiger partial charge in [0.25, 0.3) is 5.91 Å². The molecule has 0 aliphatic heterocycles. The zero-order chi connectivity index (χ0) is 17.9. The van der Waals surface area contributed by atoms with Crippen LogP contribution in [0.15, 0.2) is 76.0 Å². The van der Waals surface area contributed by atoms with Crippen molar-refractivity contribution in [3.05, 3.63) is 72.3 Å². The van der Waals surface area contributed by atoms with Crippen LogP contribution in [0.3, 0.4) is 0 Å². The van der Waals surface area contributed by atoms with Gasteiger partial charge in [0.1, 0.15) is 0 Å². The molecular weight excluding hydrogens is 346 g/mol. The molecule has 0 aliphatic carbocycles. The molecule has 0 saturated carbocycles. The summed E-state index contributed by atoms with van der Waals surface area (Å²) < 4.78 is 5.61. The minimum atomic E-state index is -0.283. The molecule has 0 spiro atoms. The minimum absolute atomic E-state index is 0.0764. The Kier molecular flexibility index (Phi) is 4.41. The highest BCUT2D eigenvalue weighted by Crippen LogP contribution is 2.25. The summed E-state index contributed by atoms with van der Waals surface area (Å²) in [6.07, 6.45) is 2.00. The van der Waals surface area contributed by atoms with Crippen LogP contribution in [0.4, 0.5) is 6.01 Å². The van der Waals surface area contributed by atoms with Crippen molar-refractivity contribution in [2.75, 3.05) is 11.6 Å². The summed E-state index contributed by atoms with van der Waals surface area (Å²) in [5, 5.41) is 12.5. The second-order valence-corrected chi connectivity index (χ2v) is 6.50. The largest absolute Gasteiger partial charge is 0.403 e. The van der Waals surface area contributed by atoms with Crippen LogP contribution in [-0.4, -0.2) is 22.4 Å². The number of thioether (sulfide) groups is 1. The van der Waals surface area contributed by atoms with Crippen molar-refractivity contribution in [2.45, 2.75) is 4.90 Å². The van der Waals surface area contributed by atoms with Crippen molar-refractivity contribution < 1.29 is 9.21 Å². The molecule has 0 saturated heterocycles. The van der Waals surface area contributed by atoms with Gasteiger partial charge in [0.15, 0.2) is 0 Å². The fourth-order valence-corrected chi connectivity index (χ4v) is 3.19. The van der Waals surface area contributed by atoms with Gasteiger partial charge >= 0.3 is 6.01 Å². The van der Waals surface area contributed by atoms with E-state index in [1.807, 2.05) is 66.9 Å². The first-order valence-corrected chi connectivity index (χ1v) is 9.24. The lowest BCUT2D eigenvalue weighted by Gasteiger charge is -2.05. The molecule has 4 aromatic rings. The molecule has 1 amide bonds. The lowest BCUT2D eigenvalue weighted by molar-refractivity contribution is 0.102. The van der Waals surface area contributed by atoms with E-state index in [1.165, 1.54) is 0 Å². The van der Waals surface area contributed by atoms with Crippen molar-refractivity contribution in [3.63, 3.8) is 0 Å². The molecule has 1 heterocycles. The lowest BCUT2D eigenvalue weighted by Crippen LogP contribution is -2.12. The predicted molar refractivity (Wildman–Crippen MR) is 103 cm³/mol. The number of hydrogen-bond acceptors (Lipinski definition) is 5. The highest BCUT2D eigenvalue weighted by molar-refractivity contribution is 7.98. The van der Waals surface area contributed by atoms with E-state index in [-0.39, 0.29) is 11.9 Å². The predicted octanol–water partition coefficient (Wildman–Crippen LogP) is 4.86. The number of hydrogen-bond donors (Lipinski definition) is 1. The van der Waals surface area contributed by atoms with Gasteiger partial charge in [-0.3, -0.25) is 10.1 Å². The van der Waals surface area contributed by atoms with Gasteiger partial charge in [0.2, 0.25) is 5.89 Å².